The second-order valence-corrected chi connectivity index (χ2v) is 5.71. The van der Waals surface area contributed by atoms with E-state index >= 15 is 0 Å². The molecule has 3 aliphatic heterocycles. The fraction of sp³-hybridized carbons (Fsp3) is 0.846. The Morgan fingerprint density at radius 2 is 2.05 bits per heavy atom. The normalized spacial score (nSPS) is 33.1. The summed E-state index contributed by atoms with van der Waals surface area (Å²) in [5.41, 5.74) is 0. The van der Waals surface area contributed by atoms with Crippen molar-refractivity contribution >= 4 is 11.8 Å². The van der Waals surface area contributed by atoms with E-state index in [1.807, 2.05) is 4.90 Å². The number of piperidine rings is 1. The molecule has 0 bridgehead atoms. The van der Waals surface area contributed by atoms with Crippen LogP contribution < -0.4 is 5.32 Å². The third kappa shape index (κ3) is 2.60. The van der Waals surface area contributed by atoms with E-state index in [1.165, 1.54) is 0 Å². The average Bonchev–Trinajstić information content (AvgIpc) is 2.81. The van der Waals surface area contributed by atoms with E-state index in [1.54, 1.807) is 6.92 Å². The lowest BCUT2D eigenvalue weighted by Gasteiger charge is -2.36. The first kappa shape index (κ1) is 12.9. The molecule has 2 amide bonds. The van der Waals surface area contributed by atoms with Gasteiger partial charge in [-0.3, -0.25) is 14.5 Å². The van der Waals surface area contributed by atoms with Crippen LogP contribution in [-0.4, -0.2) is 72.6 Å². The Morgan fingerprint density at radius 3 is 2.74 bits per heavy atom. The first-order valence-electron chi connectivity index (χ1n) is 7.04. The van der Waals surface area contributed by atoms with Crippen molar-refractivity contribution in [3.8, 4) is 0 Å². The molecule has 0 spiro atoms. The summed E-state index contributed by atoms with van der Waals surface area (Å²) in [4.78, 5) is 27.0. The molecule has 0 aromatic rings. The summed E-state index contributed by atoms with van der Waals surface area (Å²) in [6, 6.07) is 0.661. The van der Waals surface area contributed by atoms with Crippen molar-refractivity contribution in [2.45, 2.75) is 38.0 Å². The number of nitrogens with one attached hydrogen (secondary N) is 1. The molecule has 1 N–H and O–H groups in total. The zero-order valence-electron chi connectivity index (χ0n) is 11.3. The second kappa shape index (κ2) is 5.09. The molecule has 106 valence electrons. The number of carbonyl (C=O) groups is 2. The van der Waals surface area contributed by atoms with E-state index < -0.39 is 0 Å². The van der Waals surface area contributed by atoms with Crippen LogP contribution in [0.2, 0.25) is 0 Å². The summed E-state index contributed by atoms with van der Waals surface area (Å²) in [5, 5.41) is 3.00. The van der Waals surface area contributed by atoms with Gasteiger partial charge < -0.3 is 15.0 Å². The summed E-state index contributed by atoms with van der Waals surface area (Å²) in [6.45, 7) is 5.29. The van der Waals surface area contributed by atoms with Crippen molar-refractivity contribution in [3.63, 3.8) is 0 Å². The summed E-state index contributed by atoms with van der Waals surface area (Å²) in [5.74, 6) is 0.165. The minimum atomic E-state index is -0.00509. The topological polar surface area (TPSA) is 61.9 Å². The van der Waals surface area contributed by atoms with Gasteiger partial charge in [-0.2, -0.15) is 0 Å². The van der Waals surface area contributed by atoms with Gasteiger partial charge in [0, 0.05) is 39.1 Å². The second-order valence-electron chi connectivity index (χ2n) is 5.71. The molecule has 0 aromatic carbocycles. The van der Waals surface area contributed by atoms with Crippen LogP contribution in [0, 0.1) is 0 Å². The zero-order chi connectivity index (χ0) is 13.4. The molecule has 19 heavy (non-hydrogen) atoms. The summed E-state index contributed by atoms with van der Waals surface area (Å²) in [7, 11) is 0. The van der Waals surface area contributed by atoms with Crippen molar-refractivity contribution in [2.75, 3.05) is 32.8 Å². The van der Waals surface area contributed by atoms with E-state index in [0.717, 1.165) is 39.0 Å². The number of ether oxygens (including phenoxy) is 1. The van der Waals surface area contributed by atoms with E-state index in [9.17, 15) is 9.59 Å². The van der Waals surface area contributed by atoms with Crippen LogP contribution in [0.15, 0.2) is 0 Å². The first-order chi connectivity index (χ1) is 9.13. The van der Waals surface area contributed by atoms with Crippen LogP contribution in [0.25, 0.3) is 0 Å². The summed E-state index contributed by atoms with van der Waals surface area (Å²) >= 11 is 0. The fourth-order valence-electron chi connectivity index (χ4n) is 3.39. The number of nitrogens with zero attached hydrogens (tertiary/aromatic N) is 2. The number of hydrogen-bond acceptors (Lipinski definition) is 4. The number of hydrogen-bond donors (Lipinski definition) is 1. The predicted octanol–water partition coefficient (Wildman–Crippen LogP) is -0.803. The Balaban J connectivity index is 1.54. The van der Waals surface area contributed by atoms with Gasteiger partial charge in [0.2, 0.25) is 11.8 Å². The molecule has 6 nitrogen and oxygen atoms in total. The SMILES string of the molecule is CC(=O)N1CCC(N2C[C@@H]3NC(=O)CO[C@H]3C2)CC1. The molecule has 3 saturated heterocycles. The number of rotatable bonds is 1. The standard InChI is InChI=1S/C13H21N3O3/c1-9(17)15-4-2-10(3-5-15)16-6-11-12(7-16)19-8-13(18)14-11/h10-12H,2-8H2,1H3,(H,14,18)/t11-,12-/m0/s1. The Bertz CT molecular complexity index is 379. The van der Waals surface area contributed by atoms with Crippen LogP contribution in [0.3, 0.4) is 0 Å². The molecular weight excluding hydrogens is 246 g/mol. The molecule has 3 heterocycles. The molecule has 3 fully saturated rings. The van der Waals surface area contributed by atoms with E-state index in [2.05, 4.69) is 10.2 Å². The lowest BCUT2D eigenvalue weighted by molar-refractivity contribution is -0.134. The first-order valence-corrected chi connectivity index (χ1v) is 7.04. The number of amides is 2. The van der Waals surface area contributed by atoms with Crippen molar-refractivity contribution < 1.29 is 14.3 Å². The monoisotopic (exact) mass is 267 g/mol. The van der Waals surface area contributed by atoms with Gasteiger partial charge in [0.1, 0.15) is 6.61 Å². The molecule has 3 rings (SSSR count). The minimum Gasteiger partial charge on any atom is -0.365 e. The molecular formula is C13H21N3O3. The number of likely N-dealkylation sites (tertiary alicyclic amines) is 2. The zero-order valence-corrected chi connectivity index (χ0v) is 11.3. The third-order valence-corrected chi connectivity index (χ3v) is 4.50. The van der Waals surface area contributed by atoms with Gasteiger partial charge in [-0.25, -0.2) is 0 Å². The van der Waals surface area contributed by atoms with E-state index in [-0.39, 0.29) is 30.6 Å². The molecule has 0 saturated carbocycles. The van der Waals surface area contributed by atoms with Gasteiger partial charge in [0.05, 0.1) is 12.1 Å². The third-order valence-electron chi connectivity index (χ3n) is 4.50. The number of morpholine rings is 1. The molecule has 0 unspecified atom stereocenters. The van der Waals surface area contributed by atoms with E-state index in [4.69, 9.17) is 4.74 Å². The minimum absolute atomic E-state index is 0.00509. The number of carbonyl (C=O) groups excluding carboxylic acids is 2. The highest BCUT2D eigenvalue weighted by Gasteiger charge is 2.40. The lowest BCUT2D eigenvalue weighted by atomic mass is 10.0. The average molecular weight is 267 g/mol. The van der Waals surface area contributed by atoms with Crippen molar-refractivity contribution in [1.29, 1.82) is 0 Å². The quantitative estimate of drug-likeness (QED) is 0.675. The van der Waals surface area contributed by atoms with Gasteiger partial charge in [-0.05, 0) is 12.8 Å². The van der Waals surface area contributed by atoms with Crippen LogP contribution in [0.1, 0.15) is 19.8 Å². The molecule has 3 aliphatic rings. The smallest absolute Gasteiger partial charge is 0.246 e. The highest BCUT2D eigenvalue weighted by Crippen LogP contribution is 2.24. The van der Waals surface area contributed by atoms with Crippen molar-refractivity contribution in [2.24, 2.45) is 0 Å². The lowest BCUT2D eigenvalue weighted by Crippen LogP contribution is -2.51. The van der Waals surface area contributed by atoms with Crippen LogP contribution in [0.5, 0.6) is 0 Å². The maximum absolute atomic E-state index is 11.3. The van der Waals surface area contributed by atoms with Gasteiger partial charge in [-0.1, -0.05) is 0 Å². The molecule has 2 atom stereocenters. The Hall–Kier alpha value is -1.14. The van der Waals surface area contributed by atoms with Gasteiger partial charge in [-0.15, -0.1) is 0 Å². The highest BCUT2D eigenvalue weighted by molar-refractivity contribution is 5.78. The predicted molar refractivity (Wildman–Crippen MR) is 68.5 cm³/mol. The van der Waals surface area contributed by atoms with Gasteiger partial charge >= 0.3 is 0 Å². The van der Waals surface area contributed by atoms with Gasteiger partial charge in [0.15, 0.2) is 0 Å². The number of fused-ring (bicyclic) bond motifs is 1. The largest absolute Gasteiger partial charge is 0.365 e. The van der Waals surface area contributed by atoms with Crippen LogP contribution in [-0.2, 0) is 14.3 Å². The molecule has 6 heteroatoms. The molecule has 0 aliphatic carbocycles. The van der Waals surface area contributed by atoms with E-state index in [0.29, 0.717) is 6.04 Å². The van der Waals surface area contributed by atoms with Crippen LogP contribution in [0.4, 0.5) is 0 Å². The molecule has 0 aromatic heterocycles. The Morgan fingerprint density at radius 1 is 1.32 bits per heavy atom. The van der Waals surface area contributed by atoms with Gasteiger partial charge in [0.25, 0.3) is 0 Å². The maximum Gasteiger partial charge on any atom is 0.246 e. The highest BCUT2D eigenvalue weighted by atomic mass is 16.5. The van der Waals surface area contributed by atoms with Crippen molar-refractivity contribution in [3.05, 3.63) is 0 Å². The Kier molecular flexibility index (Phi) is 3.45. The van der Waals surface area contributed by atoms with Crippen molar-refractivity contribution in [1.82, 2.24) is 15.1 Å². The fourth-order valence-corrected chi connectivity index (χ4v) is 3.39. The summed E-state index contributed by atoms with van der Waals surface area (Å²) < 4.78 is 5.58. The summed E-state index contributed by atoms with van der Waals surface area (Å²) in [6.07, 6.45) is 2.18. The maximum atomic E-state index is 11.3. The molecule has 0 radical (unpaired) electrons. The Labute approximate surface area is 113 Å². The van der Waals surface area contributed by atoms with Crippen LogP contribution >= 0.6 is 0 Å².